The van der Waals surface area contributed by atoms with E-state index in [-0.39, 0.29) is 29.1 Å². The number of hydrogen-bond donors (Lipinski definition) is 2. The molecule has 4 aliphatic rings. The Balaban J connectivity index is 1.27. The van der Waals surface area contributed by atoms with Crippen molar-refractivity contribution >= 4 is 11.9 Å². The molecule has 2 aliphatic carbocycles. The van der Waals surface area contributed by atoms with Crippen LogP contribution < -0.4 is 24.3 Å². The van der Waals surface area contributed by atoms with Crippen LogP contribution in [0.5, 0.6) is 23.0 Å². The molecule has 0 radical (unpaired) electrons. The summed E-state index contributed by atoms with van der Waals surface area (Å²) >= 11 is 0. The van der Waals surface area contributed by atoms with Crippen molar-refractivity contribution in [3.8, 4) is 23.0 Å². The number of carbonyl (C=O) groups excluding carboxylic acids is 1. The van der Waals surface area contributed by atoms with Gasteiger partial charge in [0.15, 0.2) is 11.5 Å². The van der Waals surface area contributed by atoms with Gasteiger partial charge in [-0.15, -0.1) is 22.0 Å². The van der Waals surface area contributed by atoms with E-state index in [4.69, 9.17) is 4.74 Å². The van der Waals surface area contributed by atoms with E-state index in [0.29, 0.717) is 61.6 Å². The molecule has 13 heteroatoms. The van der Waals surface area contributed by atoms with Gasteiger partial charge in [0.05, 0.1) is 17.4 Å². The first-order valence-corrected chi connectivity index (χ1v) is 13.7. The van der Waals surface area contributed by atoms with Crippen molar-refractivity contribution in [2.24, 2.45) is 11.8 Å². The van der Waals surface area contributed by atoms with E-state index in [1.165, 1.54) is 18.2 Å². The van der Waals surface area contributed by atoms with Crippen LogP contribution in [0.25, 0.3) is 0 Å². The average Bonchev–Trinajstić information content (AvgIpc) is 3.40. The van der Waals surface area contributed by atoms with Crippen molar-refractivity contribution in [1.82, 2.24) is 5.32 Å². The van der Waals surface area contributed by atoms with Gasteiger partial charge in [-0.25, -0.2) is 0 Å². The molecule has 2 N–H and O–H groups in total. The van der Waals surface area contributed by atoms with Gasteiger partial charge in [-0.1, -0.05) is 0 Å². The molecule has 0 bridgehead atoms. The van der Waals surface area contributed by atoms with Gasteiger partial charge < -0.3 is 29.4 Å². The number of amides is 1. The molecule has 1 saturated carbocycles. The zero-order valence-electron chi connectivity index (χ0n) is 22.4. The zero-order valence-corrected chi connectivity index (χ0v) is 22.4. The number of fused-ring (bicyclic) bond motifs is 3. The smallest absolute Gasteiger partial charge is 0.490 e. The van der Waals surface area contributed by atoms with Gasteiger partial charge in [0.2, 0.25) is 5.91 Å². The number of aryl methyl sites for hydroxylation is 1. The summed E-state index contributed by atoms with van der Waals surface area (Å²) in [5.74, 6) is -2.36. The van der Waals surface area contributed by atoms with E-state index >= 15 is 0 Å². The number of carboxylic acid groups (broad SMARTS) is 1. The molecule has 226 valence electrons. The number of ether oxygens (including phenoxy) is 4. The van der Waals surface area contributed by atoms with Crippen LogP contribution in [0.3, 0.4) is 0 Å². The molecule has 1 amide bonds. The van der Waals surface area contributed by atoms with Crippen LogP contribution in [0, 0.1) is 11.8 Å². The maximum absolute atomic E-state index is 13.9. The van der Waals surface area contributed by atoms with E-state index in [1.807, 2.05) is 0 Å². The van der Waals surface area contributed by atoms with Crippen LogP contribution in [0.15, 0.2) is 30.3 Å². The normalized spacial score (nSPS) is 29.2. The summed E-state index contributed by atoms with van der Waals surface area (Å²) in [6.07, 6.45) is -6.03. The second-order valence-corrected chi connectivity index (χ2v) is 11.6. The predicted molar refractivity (Wildman–Crippen MR) is 134 cm³/mol. The Kier molecular flexibility index (Phi) is 6.69. The number of halogens is 5. The first kappa shape index (κ1) is 28.4. The third kappa shape index (κ3) is 5.29. The number of alkyl halides is 5. The molecule has 2 aliphatic heterocycles. The SMILES string of the molecule is C[C@@]1(C(=O)N[C@@H]2C[C@H]([C@H]3CC[C@@H](C(=O)O)CC3)Oc3cc(OC(F)(F)F)ccc32)CCc2cc3c(cc21)OC(F)(F)O3. The largest absolute Gasteiger partial charge is 0.586 e. The number of aliphatic carboxylic acids is 1. The molecule has 8 nitrogen and oxygen atoms in total. The fourth-order valence-electron chi connectivity index (χ4n) is 6.67. The minimum atomic E-state index is -4.91. The Labute approximate surface area is 237 Å². The molecule has 3 atom stereocenters. The van der Waals surface area contributed by atoms with Crippen LogP contribution in [0.2, 0.25) is 0 Å². The van der Waals surface area contributed by atoms with Crippen LogP contribution in [-0.2, 0) is 21.4 Å². The van der Waals surface area contributed by atoms with Gasteiger partial charge in [-0.05, 0) is 86.8 Å². The molecule has 2 aromatic carbocycles. The van der Waals surface area contributed by atoms with Crippen LogP contribution in [-0.4, -0.2) is 35.7 Å². The number of rotatable bonds is 5. The quantitative estimate of drug-likeness (QED) is 0.407. The van der Waals surface area contributed by atoms with Gasteiger partial charge in [-0.2, -0.15) is 0 Å². The first-order chi connectivity index (χ1) is 19.7. The molecule has 2 heterocycles. The number of carbonyl (C=O) groups is 2. The molecular weight excluding hydrogens is 569 g/mol. The summed E-state index contributed by atoms with van der Waals surface area (Å²) < 4.78 is 85.5. The van der Waals surface area contributed by atoms with Gasteiger partial charge in [0.1, 0.15) is 17.6 Å². The van der Waals surface area contributed by atoms with Crippen molar-refractivity contribution < 1.29 is 55.6 Å². The standard InChI is InChI=1S/C29H28F5NO7/c1-27(9-8-16-10-23-24(12-19(16)27)42-29(33,34)41-23)26(38)35-20-13-21(14-2-4-15(5-3-14)25(36)37)39-22-11-17(6-7-18(20)22)40-28(30,31)32/h6-7,10-12,14-15,20-21H,2-5,8-9,13H2,1H3,(H,35,38)(H,36,37)/t14-,15+,20-,21-,27-/m1/s1. The van der Waals surface area contributed by atoms with Gasteiger partial charge >= 0.3 is 18.6 Å². The third-order valence-corrected chi connectivity index (χ3v) is 8.91. The Morgan fingerprint density at radius 3 is 2.38 bits per heavy atom. The summed E-state index contributed by atoms with van der Waals surface area (Å²) in [6, 6.07) is 5.94. The summed E-state index contributed by atoms with van der Waals surface area (Å²) in [4.78, 5) is 25.3. The van der Waals surface area contributed by atoms with Crippen LogP contribution >= 0.6 is 0 Å². The number of carboxylic acids is 1. The molecule has 2 aromatic rings. The fourth-order valence-corrected chi connectivity index (χ4v) is 6.67. The van der Waals surface area contributed by atoms with E-state index in [1.54, 1.807) is 6.92 Å². The lowest BCUT2D eigenvalue weighted by Crippen LogP contribution is -2.46. The van der Waals surface area contributed by atoms with Crippen molar-refractivity contribution in [2.75, 3.05) is 0 Å². The molecule has 42 heavy (non-hydrogen) atoms. The number of nitrogens with one attached hydrogen (secondary N) is 1. The Bertz CT molecular complexity index is 1420. The average molecular weight is 598 g/mol. The highest BCUT2D eigenvalue weighted by molar-refractivity contribution is 5.90. The Hall–Kier alpha value is -3.77. The van der Waals surface area contributed by atoms with Gasteiger partial charge in [0.25, 0.3) is 0 Å². The van der Waals surface area contributed by atoms with Crippen LogP contribution in [0.4, 0.5) is 22.0 Å². The van der Waals surface area contributed by atoms with E-state index < -0.39 is 47.9 Å². The Morgan fingerprint density at radius 1 is 1.02 bits per heavy atom. The highest BCUT2D eigenvalue weighted by Gasteiger charge is 2.48. The monoisotopic (exact) mass is 597 g/mol. The molecule has 0 saturated heterocycles. The van der Waals surface area contributed by atoms with Crippen LogP contribution in [0.1, 0.15) is 68.2 Å². The van der Waals surface area contributed by atoms with E-state index in [9.17, 15) is 36.6 Å². The summed E-state index contributed by atoms with van der Waals surface area (Å²) in [7, 11) is 0. The van der Waals surface area contributed by atoms with Crippen molar-refractivity contribution in [1.29, 1.82) is 0 Å². The zero-order chi connectivity index (χ0) is 30.0. The number of hydrogen-bond acceptors (Lipinski definition) is 6. The molecule has 1 fully saturated rings. The molecule has 0 spiro atoms. The minimum absolute atomic E-state index is 0.0652. The summed E-state index contributed by atoms with van der Waals surface area (Å²) in [5.41, 5.74) is 0.589. The van der Waals surface area contributed by atoms with Crippen molar-refractivity contribution in [3.05, 3.63) is 47.0 Å². The van der Waals surface area contributed by atoms with E-state index in [2.05, 4.69) is 19.5 Å². The predicted octanol–water partition coefficient (Wildman–Crippen LogP) is 6.01. The fraction of sp³-hybridized carbons (Fsp3) is 0.517. The Morgan fingerprint density at radius 2 is 1.71 bits per heavy atom. The lowest BCUT2D eigenvalue weighted by atomic mass is 9.76. The van der Waals surface area contributed by atoms with Gasteiger partial charge in [0, 0.05) is 18.1 Å². The third-order valence-electron chi connectivity index (χ3n) is 8.91. The highest BCUT2D eigenvalue weighted by atomic mass is 19.4. The summed E-state index contributed by atoms with van der Waals surface area (Å²) in [5, 5.41) is 12.4. The first-order valence-electron chi connectivity index (χ1n) is 13.7. The number of benzene rings is 2. The molecule has 0 unspecified atom stereocenters. The molecular formula is C29H28F5NO7. The maximum Gasteiger partial charge on any atom is 0.586 e. The summed E-state index contributed by atoms with van der Waals surface area (Å²) in [6.45, 7) is 1.71. The van der Waals surface area contributed by atoms with Crippen molar-refractivity contribution in [3.63, 3.8) is 0 Å². The topological polar surface area (TPSA) is 103 Å². The minimum Gasteiger partial charge on any atom is -0.490 e. The second kappa shape index (κ2) is 9.91. The lowest BCUT2D eigenvalue weighted by molar-refractivity contribution is -0.286. The lowest BCUT2D eigenvalue weighted by Gasteiger charge is -2.40. The van der Waals surface area contributed by atoms with Crippen molar-refractivity contribution in [2.45, 2.75) is 82.1 Å². The molecule has 6 rings (SSSR count). The highest BCUT2D eigenvalue weighted by Crippen LogP contribution is 2.50. The second-order valence-electron chi connectivity index (χ2n) is 11.6. The van der Waals surface area contributed by atoms with Gasteiger partial charge in [-0.3, -0.25) is 9.59 Å². The maximum atomic E-state index is 13.9. The van der Waals surface area contributed by atoms with E-state index in [0.717, 1.165) is 12.1 Å². The molecule has 0 aromatic heterocycles.